The van der Waals surface area contributed by atoms with Gasteiger partial charge >= 0.3 is 0 Å². The fourth-order valence-corrected chi connectivity index (χ4v) is 3.91. The average Bonchev–Trinajstić information content (AvgIpc) is 2.46. The zero-order valence-electron chi connectivity index (χ0n) is 12.3. The molecule has 3 rings (SSSR count). The molecule has 0 saturated heterocycles. The molecule has 0 aliphatic carbocycles. The van der Waals surface area contributed by atoms with E-state index in [0.717, 1.165) is 18.0 Å². The summed E-state index contributed by atoms with van der Waals surface area (Å²) in [4.78, 5) is 4.77. The standard InChI is InChI=1S/C18H18ClNS/c1-20(2)11-5-7-14-15-6-3-4-8-17(15)21-18-12-13(19)9-10-16(14)18/h3-4,6-10,12H,5,11H2,1-2H3/b14-7-. The summed E-state index contributed by atoms with van der Waals surface area (Å²) >= 11 is 7.96. The second kappa shape index (κ2) is 6.27. The molecule has 2 aromatic rings. The van der Waals surface area contributed by atoms with Crippen LogP contribution in [0, 0.1) is 0 Å². The predicted octanol–water partition coefficient (Wildman–Crippen LogP) is 5.19. The van der Waals surface area contributed by atoms with Crippen LogP contribution in [0.4, 0.5) is 0 Å². The lowest BCUT2D eigenvalue weighted by Gasteiger charge is -2.22. The van der Waals surface area contributed by atoms with Gasteiger partial charge in [-0.15, -0.1) is 0 Å². The lowest BCUT2D eigenvalue weighted by molar-refractivity contribution is 0.417. The van der Waals surface area contributed by atoms with Gasteiger partial charge in [-0.3, -0.25) is 0 Å². The molecular formula is C18H18ClNS. The van der Waals surface area contributed by atoms with Gasteiger partial charge < -0.3 is 4.90 Å². The first kappa shape index (κ1) is 14.7. The van der Waals surface area contributed by atoms with Gasteiger partial charge in [0, 0.05) is 21.4 Å². The van der Waals surface area contributed by atoms with Crippen molar-refractivity contribution >= 4 is 28.9 Å². The molecule has 3 heteroatoms. The Bertz CT molecular complexity index is 691. The zero-order valence-corrected chi connectivity index (χ0v) is 13.8. The van der Waals surface area contributed by atoms with Crippen molar-refractivity contribution in [3.63, 3.8) is 0 Å². The van der Waals surface area contributed by atoms with Crippen LogP contribution < -0.4 is 0 Å². The number of hydrogen-bond acceptors (Lipinski definition) is 2. The quantitative estimate of drug-likeness (QED) is 0.654. The Morgan fingerprint density at radius 3 is 2.62 bits per heavy atom. The molecule has 0 unspecified atom stereocenters. The Morgan fingerprint density at radius 1 is 1.05 bits per heavy atom. The Balaban J connectivity index is 2.05. The highest BCUT2D eigenvalue weighted by Crippen LogP contribution is 2.46. The first-order valence-electron chi connectivity index (χ1n) is 7.07. The molecule has 0 bridgehead atoms. The van der Waals surface area contributed by atoms with Crippen molar-refractivity contribution < 1.29 is 0 Å². The second-order valence-corrected chi connectivity index (χ2v) is 6.97. The highest BCUT2D eigenvalue weighted by molar-refractivity contribution is 7.99. The summed E-state index contributed by atoms with van der Waals surface area (Å²) in [6.07, 6.45) is 3.40. The van der Waals surface area contributed by atoms with Crippen LogP contribution in [0.25, 0.3) is 5.57 Å². The van der Waals surface area contributed by atoms with Crippen LogP contribution in [0.3, 0.4) is 0 Å². The number of hydrogen-bond donors (Lipinski definition) is 0. The minimum atomic E-state index is 0.799. The normalized spacial score (nSPS) is 15.1. The zero-order chi connectivity index (χ0) is 14.8. The second-order valence-electron chi connectivity index (χ2n) is 5.45. The molecule has 0 radical (unpaired) electrons. The molecular weight excluding hydrogens is 298 g/mol. The van der Waals surface area contributed by atoms with Crippen molar-refractivity contribution in [1.82, 2.24) is 4.90 Å². The largest absolute Gasteiger partial charge is 0.309 e. The van der Waals surface area contributed by atoms with E-state index in [-0.39, 0.29) is 0 Å². The van der Waals surface area contributed by atoms with E-state index in [9.17, 15) is 0 Å². The lowest BCUT2D eigenvalue weighted by Crippen LogP contribution is -2.12. The van der Waals surface area contributed by atoms with E-state index < -0.39 is 0 Å². The predicted molar refractivity (Wildman–Crippen MR) is 92.3 cm³/mol. The van der Waals surface area contributed by atoms with Gasteiger partial charge in [0.05, 0.1) is 0 Å². The fourth-order valence-electron chi connectivity index (χ4n) is 2.53. The molecule has 1 heterocycles. The molecule has 108 valence electrons. The van der Waals surface area contributed by atoms with E-state index in [2.05, 4.69) is 61.5 Å². The summed E-state index contributed by atoms with van der Waals surface area (Å²) in [5, 5.41) is 0.799. The maximum absolute atomic E-state index is 6.16. The van der Waals surface area contributed by atoms with Gasteiger partial charge in [-0.05, 0) is 55.4 Å². The van der Waals surface area contributed by atoms with Crippen molar-refractivity contribution in [2.75, 3.05) is 20.6 Å². The number of halogens is 1. The van der Waals surface area contributed by atoms with Gasteiger partial charge in [0.15, 0.2) is 0 Å². The van der Waals surface area contributed by atoms with Crippen molar-refractivity contribution in [3.05, 3.63) is 64.7 Å². The minimum absolute atomic E-state index is 0.799. The Hall–Kier alpha value is -1.22. The molecule has 0 fully saturated rings. The third-order valence-corrected chi connectivity index (χ3v) is 4.92. The summed E-state index contributed by atoms with van der Waals surface area (Å²) < 4.78 is 0. The van der Waals surface area contributed by atoms with Gasteiger partial charge in [0.2, 0.25) is 0 Å². The van der Waals surface area contributed by atoms with Gasteiger partial charge in [0.1, 0.15) is 0 Å². The first-order chi connectivity index (χ1) is 10.1. The smallest absolute Gasteiger partial charge is 0.0417 e. The number of fused-ring (bicyclic) bond motifs is 2. The summed E-state index contributed by atoms with van der Waals surface area (Å²) in [5.74, 6) is 0. The summed E-state index contributed by atoms with van der Waals surface area (Å²) in [5.41, 5.74) is 3.95. The monoisotopic (exact) mass is 315 g/mol. The van der Waals surface area contributed by atoms with Gasteiger partial charge in [-0.2, -0.15) is 0 Å². The minimum Gasteiger partial charge on any atom is -0.309 e. The average molecular weight is 316 g/mol. The van der Waals surface area contributed by atoms with Crippen LogP contribution in [0.15, 0.2) is 58.3 Å². The van der Waals surface area contributed by atoms with Crippen molar-refractivity contribution in [2.45, 2.75) is 16.2 Å². The van der Waals surface area contributed by atoms with E-state index >= 15 is 0 Å². The summed E-state index contributed by atoms with van der Waals surface area (Å²) in [6.45, 7) is 1.06. The Morgan fingerprint density at radius 2 is 1.81 bits per heavy atom. The third kappa shape index (κ3) is 3.18. The maximum Gasteiger partial charge on any atom is 0.0417 e. The molecule has 21 heavy (non-hydrogen) atoms. The SMILES string of the molecule is CN(C)CC/C=C1/c2ccccc2Sc2cc(Cl)ccc21. The van der Waals surface area contributed by atoms with Crippen LogP contribution >= 0.6 is 23.4 Å². The summed E-state index contributed by atoms with van der Waals surface area (Å²) in [7, 11) is 4.22. The van der Waals surface area contributed by atoms with Crippen LogP contribution in [-0.4, -0.2) is 25.5 Å². The van der Waals surface area contributed by atoms with E-state index in [4.69, 9.17) is 11.6 Å². The molecule has 0 N–H and O–H groups in total. The molecule has 1 nitrogen and oxygen atoms in total. The van der Waals surface area contributed by atoms with Gasteiger partial charge in [0.25, 0.3) is 0 Å². The van der Waals surface area contributed by atoms with Crippen LogP contribution in [0.2, 0.25) is 5.02 Å². The molecule has 0 saturated carbocycles. The topological polar surface area (TPSA) is 3.24 Å². The van der Waals surface area contributed by atoms with Crippen LogP contribution in [0.5, 0.6) is 0 Å². The lowest BCUT2D eigenvalue weighted by atomic mass is 9.96. The van der Waals surface area contributed by atoms with Crippen molar-refractivity contribution in [1.29, 1.82) is 0 Å². The van der Waals surface area contributed by atoms with Crippen LogP contribution in [0.1, 0.15) is 17.5 Å². The van der Waals surface area contributed by atoms with Gasteiger partial charge in [-0.25, -0.2) is 0 Å². The molecule has 0 spiro atoms. The van der Waals surface area contributed by atoms with E-state index in [1.807, 2.05) is 6.07 Å². The van der Waals surface area contributed by atoms with Gasteiger partial charge in [-0.1, -0.05) is 53.7 Å². The van der Waals surface area contributed by atoms with Crippen LogP contribution in [-0.2, 0) is 0 Å². The number of rotatable bonds is 3. The first-order valence-corrected chi connectivity index (χ1v) is 8.26. The van der Waals surface area contributed by atoms with E-state index in [0.29, 0.717) is 0 Å². The maximum atomic E-state index is 6.16. The number of nitrogens with zero attached hydrogens (tertiary/aromatic N) is 1. The Labute approximate surface area is 135 Å². The number of benzene rings is 2. The molecule has 2 aromatic carbocycles. The molecule has 1 aliphatic heterocycles. The van der Waals surface area contributed by atoms with E-state index in [1.54, 1.807) is 11.8 Å². The van der Waals surface area contributed by atoms with Crippen molar-refractivity contribution in [3.8, 4) is 0 Å². The molecule has 0 atom stereocenters. The van der Waals surface area contributed by atoms with Crippen molar-refractivity contribution in [2.24, 2.45) is 0 Å². The summed E-state index contributed by atoms with van der Waals surface area (Å²) in [6, 6.07) is 14.8. The highest BCUT2D eigenvalue weighted by Gasteiger charge is 2.20. The molecule has 1 aliphatic rings. The highest BCUT2D eigenvalue weighted by atomic mass is 35.5. The van der Waals surface area contributed by atoms with E-state index in [1.165, 1.54) is 26.5 Å². The fraction of sp³-hybridized carbons (Fsp3) is 0.222. The molecule has 0 amide bonds. The molecule has 0 aromatic heterocycles. The Kier molecular flexibility index (Phi) is 4.39. The third-order valence-electron chi connectivity index (χ3n) is 3.56.